The Balaban J connectivity index is 1.67. The van der Waals surface area contributed by atoms with Crippen LogP contribution in [0.2, 0.25) is 5.15 Å². The molecule has 148 valence electrons. The molecule has 2 aromatic heterocycles. The monoisotopic (exact) mass is 433 g/mol. The average Bonchev–Trinajstić information content (AvgIpc) is 3.22. The molecule has 4 aromatic rings. The molecule has 0 aliphatic heterocycles. The highest BCUT2D eigenvalue weighted by molar-refractivity contribution is 7.10. The molecule has 0 aliphatic rings. The summed E-state index contributed by atoms with van der Waals surface area (Å²) in [4.78, 5) is 5.35. The Hall–Kier alpha value is -2.41. The van der Waals surface area contributed by atoms with Crippen LogP contribution in [0.1, 0.15) is 27.7 Å². The Morgan fingerprint density at radius 3 is 2.59 bits per heavy atom. The second kappa shape index (κ2) is 8.14. The summed E-state index contributed by atoms with van der Waals surface area (Å²) in [5.74, 6) is 0. The predicted octanol–water partition coefficient (Wildman–Crippen LogP) is 7.27. The predicted molar refractivity (Wildman–Crippen MR) is 109 cm³/mol. The Kier molecular flexibility index (Phi) is 5.58. The van der Waals surface area contributed by atoms with Crippen molar-refractivity contribution in [2.45, 2.75) is 18.9 Å². The number of nitrogens with zero attached hydrogens (tertiary/aromatic N) is 1. The fourth-order valence-corrected chi connectivity index (χ4v) is 4.11. The van der Waals surface area contributed by atoms with Crippen molar-refractivity contribution >= 4 is 33.8 Å². The molecule has 0 radical (unpaired) electrons. The zero-order valence-corrected chi connectivity index (χ0v) is 16.6. The van der Waals surface area contributed by atoms with Crippen molar-refractivity contribution in [2.75, 3.05) is 0 Å². The molecule has 4 rings (SSSR count). The number of aromatic nitrogens is 1. The van der Waals surface area contributed by atoms with Gasteiger partial charge in [-0.2, -0.15) is 13.2 Å². The normalized spacial score (nSPS) is 13.0. The third-order valence-electron chi connectivity index (χ3n) is 4.46. The highest BCUT2D eigenvalue weighted by Gasteiger charge is 2.30. The third kappa shape index (κ3) is 4.45. The van der Waals surface area contributed by atoms with E-state index in [1.54, 1.807) is 6.07 Å². The maximum Gasteiger partial charge on any atom is 0.416 e. The fourth-order valence-electron chi connectivity index (χ4n) is 3.08. The highest BCUT2D eigenvalue weighted by atomic mass is 35.5. The molecule has 1 atom stereocenters. The molecule has 2 aromatic carbocycles. The quantitative estimate of drug-likeness (QED) is 0.308. The Bertz CT molecular complexity index is 1130. The zero-order chi connectivity index (χ0) is 20.4. The Labute approximate surface area is 174 Å². The molecule has 7 heteroatoms. The van der Waals surface area contributed by atoms with E-state index in [4.69, 9.17) is 16.3 Å². The highest BCUT2D eigenvalue weighted by Crippen LogP contribution is 2.36. The molecule has 0 saturated heterocycles. The lowest BCUT2D eigenvalue weighted by molar-refractivity contribution is -0.137. The SMILES string of the molecule is FC(F)(F)c1cccc(COC(c2cccs2)c2cc3ccccc3nc2Cl)c1. The molecule has 0 amide bonds. The van der Waals surface area contributed by atoms with Crippen molar-refractivity contribution in [3.8, 4) is 0 Å². The van der Waals surface area contributed by atoms with Gasteiger partial charge in [-0.25, -0.2) is 4.98 Å². The number of hydrogen-bond donors (Lipinski definition) is 0. The largest absolute Gasteiger partial charge is 0.416 e. The minimum atomic E-state index is -4.39. The van der Waals surface area contributed by atoms with Gasteiger partial charge in [-0.05, 0) is 41.3 Å². The second-order valence-electron chi connectivity index (χ2n) is 6.47. The van der Waals surface area contributed by atoms with E-state index in [9.17, 15) is 13.2 Å². The van der Waals surface area contributed by atoms with Crippen LogP contribution < -0.4 is 0 Å². The summed E-state index contributed by atoms with van der Waals surface area (Å²) in [6, 6.07) is 18.5. The van der Waals surface area contributed by atoms with E-state index in [1.165, 1.54) is 17.4 Å². The molecular weight excluding hydrogens is 419 g/mol. The van der Waals surface area contributed by atoms with E-state index in [0.717, 1.165) is 27.9 Å². The lowest BCUT2D eigenvalue weighted by Gasteiger charge is -2.19. The number of hydrogen-bond acceptors (Lipinski definition) is 3. The summed E-state index contributed by atoms with van der Waals surface area (Å²) >= 11 is 7.94. The second-order valence-corrected chi connectivity index (χ2v) is 7.80. The van der Waals surface area contributed by atoms with Gasteiger partial charge in [0, 0.05) is 15.8 Å². The fraction of sp³-hybridized carbons (Fsp3) is 0.136. The minimum Gasteiger partial charge on any atom is -0.363 e. The summed E-state index contributed by atoms with van der Waals surface area (Å²) in [5, 5.41) is 3.14. The van der Waals surface area contributed by atoms with Crippen LogP contribution in [0.15, 0.2) is 72.1 Å². The van der Waals surface area contributed by atoms with Gasteiger partial charge in [-0.1, -0.05) is 48.0 Å². The van der Waals surface area contributed by atoms with Crippen LogP contribution in [0.5, 0.6) is 0 Å². The molecule has 0 fully saturated rings. The van der Waals surface area contributed by atoms with Crippen molar-refractivity contribution in [3.05, 3.63) is 98.8 Å². The van der Waals surface area contributed by atoms with Gasteiger partial charge >= 0.3 is 6.18 Å². The molecule has 2 nitrogen and oxygen atoms in total. The summed E-state index contributed by atoms with van der Waals surface area (Å²) in [5.41, 5.74) is 1.19. The first-order chi connectivity index (χ1) is 13.9. The molecule has 0 bridgehead atoms. The Morgan fingerprint density at radius 1 is 1.00 bits per heavy atom. The first-order valence-corrected chi connectivity index (χ1v) is 10.0. The van der Waals surface area contributed by atoms with Gasteiger partial charge in [0.05, 0.1) is 17.7 Å². The van der Waals surface area contributed by atoms with Gasteiger partial charge in [-0.3, -0.25) is 0 Å². The number of halogens is 4. The smallest absolute Gasteiger partial charge is 0.363 e. The average molecular weight is 434 g/mol. The molecule has 0 spiro atoms. The Morgan fingerprint density at radius 2 is 1.83 bits per heavy atom. The molecule has 0 aliphatic carbocycles. The molecule has 0 saturated carbocycles. The van der Waals surface area contributed by atoms with Crippen LogP contribution in [0.4, 0.5) is 13.2 Å². The van der Waals surface area contributed by atoms with Crippen molar-refractivity contribution in [2.24, 2.45) is 0 Å². The van der Waals surface area contributed by atoms with Crippen molar-refractivity contribution < 1.29 is 17.9 Å². The number of rotatable bonds is 5. The first-order valence-electron chi connectivity index (χ1n) is 8.78. The maximum absolute atomic E-state index is 13.0. The van der Waals surface area contributed by atoms with Crippen LogP contribution >= 0.6 is 22.9 Å². The number of para-hydroxylation sites is 1. The summed E-state index contributed by atoms with van der Waals surface area (Å²) < 4.78 is 45.0. The van der Waals surface area contributed by atoms with Gasteiger partial charge < -0.3 is 4.74 Å². The van der Waals surface area contributed by atoms with Crippen molar-refractivity contribution in [1.82, 2.24) is 4.98 Å². The lowest BCUT2D eigenvalue weighted by atomic mass is 10.1. The van der Waals surface area contributed by atoms with Crippen LogP contribution in [0.25, 0.3) is 10.9 Å². The molecule has 2 heterocycles. The van der Waals surface area contributed by atoms with E-state index in [1.807, 2.05) is 47.8 Å². The zero-order valence-electron chi connectivity index (χ0n) is 15.0. The first kappa shape index (κ1) is 19.9. The summed E-state index contributed by atoms with van der Waals surface area (Å²) in [7, 11) is 0. The number of thiophene rings is 1. The number of alkyl halides is 3. The maximum atomic E-state index is 13.0. The van der Waals surface area contributed by atoms with Gasteiger partial charge in [0.2, 0.25) is 0 Å². The van der Waals surface area contributed by atoms with Crippen LogP contribution in [0.3, 0.4) is 0 Å². The number of benzene rings is 2. The molecular formula is C22H15ClF3NOS. The molecule has 1 unspecified atom stereocenters. The van der Waals surface area contributed by atoms with Crippen LogP contribution in [-0.2, 0) is 17.5 Å². The number of ether oxygens (including phenoxy) is 1. The van der Waals surface area contributed by atoms with E-state index < -0.39 is 17.8 Å². The van der Waals surface area contributed by atoms with Crippen LogP contribution in [0, 0.1) is 0 Å². The van der Waals surface area contributed by atoms with Gasteiger partial charge in [0.25, 0.3) is 0 Å². The standard InChI is InChI=1S/C22H15ClF3NOS/c23-21-17(12-15-6-1-2-8-18(15)27-21)20(19-9-4-10-29-19)28-13-14-5-3-7-16(11-14)22(24,25)26/h1-12,20H,13H2. The van der Waals surface area contributed by atoms with E-state index >= 15 is 0 Å². The lowest BCUT2D eigenvalue weighted by Crippen LogP contribution is -2.08. The third-order valence-corrected chi connectivity index (χ3v) is 5.68. The van der Waals surface area contributed by atoms with Crippen molar-refractivity contribution in [1.29, 1.82) is 0 Å². The van der Waals surface area contributed by atoms with Gasteiger partial charge in [-0.15, -0.1) is 11.3 Å². The van der Waals surface area contributed by atoms with E-state index in [-0.39, 0.29) is 6.61 Å². The van der Waals surface area contributed by atoms with E-state index in [0.29, 0.717) is 16.3 Å². The van der Waals surface area contributed by atoms with Gasteiger partial charge in [0.1, 0.15) is 11.3 Å². The van der Waals surface area contributed by atoms with Gasteiger partial charge in [0.15, 0.2) is 0 Å². The summed E-state index contributed by atoms with van der Waals surface area (Å²) in [6.07, 6.45) is -4.93. The summed E-state index contributed by atoms with van der Waals surface area (Å²) in [6.45, 7) is 0.00957. The minimum absolute atomic E-state index is 0.00957. The van der Waals surface area contributed by atoms with Crippen molar-refractivity contribution in [3.63, 3.8) is 0 Å². The number of pyridine rings is 1. The molecule has 29 heavy (non-hydrogen) atoms. The van der Waals surface area contributed by atoms with E-state index in [2.05, 4.69) is 4.98 Å². The topological polar surface area (TPSA) is 22.1 Å². The van der Waals surface area contributed by atoms with Crippen LogP contribution in [-0.4, -0.2) is 4.98 Å². The number of fused-ring (bicyclic) bond motifs is 1. The molecule has 0 N–H and O–H groups in total.